The first-order chi connectivity index (χ1) is 57.8. The highest BCUT2D eigenvalue weighted by Crippen LogP contribution is 2.46. The van der Waals surface area contributed by atoms with Crippen molar-refractivity contribution in [2.45, 2.75) is 90.3 Å². The summed E-state index contributed by atoms with van der Waals surface area (Å²) in [5.41, 5.74) is 29.9. The van der Waals surface area contributed by atoms with Crippen LogP contribution >= 0.6 is 15.9 Å². The van der Waals surface area contributed by atoms with Gasteiger partial charge in [-0.05, 0) is 261 Å². The van der Waals surface area contributed by atoms with E-state index in [9.17, 15) is 0 Å². The summed E-state index contributed by atoms with van der Waals surface area (Å²) in [7, 11) is -0.434. The molecular weight excluding hydrogens is 1510 g/mol. The van der Waals surface area contributed by atoms with E-state index in [-0.39, 0.29) is 0 Å². The molecule has 25 rings (SSSR count). The largest absolute Gasteiger partial charge is 0.494 e. The lowest BCUT2D eigenvalue weighted by atomic mass is 9.78. The number of rotatable bonds is 10. The van der Waals surface area contributed by atoms with E-state index in [1.165, 1.54) is 140 Å². The fourth-order valence-corrected chi connectivity index (χ4v) is 18.6. The maximum absolute atomic E-state index is 6.42. The molecule has 566 valence electrons. The Balaban J connectivity index is 0.000000113. The summed E-state index contributed by atoms with van der Waals surface area (Å²) in [4.78, 5) is 30.4. The van der Waals surface area contributed by atoms with E-state index in [1.807, 2.05) is 97.1 Å². The van der Waals surface area contributed by atoms with Gasteiger partial charge in [-0.3, -0.25) is 9.13 Å². The molecule has 1 aliphatic heterocycles. The maximum Gasteiger partial charge on any atom is 0.494 e. The van der Waals surface area contributed by atoms with Crippen molar-refractivity contribution in [2.75, 3.05) is 0 Å². The van der Waals surface area contributed by atoms with Gasteiger partial charge in [0.25, 0.3) is 0 Å². The Morgan fingerprint density at radius 2 is 0.525 bits per heavy atom. The van der Waals surface area contributed by atoms with Crippen molar-refractivity contribution in [3.63, 3.8) is 0 Å². The van der Waals surface area contributed by atoms with Crippen molar-refractivity contribution in [3.05, 3.63) is 352 Å². The number of nitrogens with zero attached hydrogens (tertiary/aromatic N) is 10. The second kappa shape index (κ2) is 27.5. The van der Waals surface area contributed by atoms with Crippen LogP contribution in [-0.2, 0) is 60.7 Å². The molecule has 0 atom stereocenters. The quantitative estimate of drug-likeness (QED) is 0.124. The number of hydrogen-bond acceptors (Lipinski definition) is 8. The lowest BCUT2D eigenvalue weighted by Gasteiger charge is -2.32. The first-order valence-corrected chi connectivity index (χ1v) is 41.9. The Kier molecular flexibility index (Phi) is 16.3. The summed E-state index contributed by atoms with van der Waals surface area (Å²) < 4.78 is 23.2. The monoisotopic (exact) mass is 1590 g/mol. The van der Waals surface area contributed by atoms with Crippen LogP contribution in [0, 0.1) is 0 Å². The highest BCUT2D eigenvalue weighted by atomic mass is 79.9. The third kappa shape index (κ3) is 11.7. The van der Waals surface area contributed by atoms with E-state index < -0.39 is 18.3 Å². The number of halogens is 1. The molecule has 1 fully saturated rings. The van der Waals surface area contributed by atoms with E-state index in [0.717, 1.165) is 98.2 Å². The van der Waals surface area contributed by atoms with Crippen molar-refractivity contribution < 1.29 is 9.31 Å². The first-order valence-electron chi connectivity index (χ1n) is 41.1. The maximum atomic E-state index is 6.42. The van der Waals surface area contributed by atoms with Crippen molar-refractivity contribution in [2.24, 2.45) is 0 Å². The Labute approximate surface area is 691 Å². The molecule has 0 N–H and O–H groups in total. The molecule has 4 aliphatic carbocycles. The smallest absolute Gasteiger partial charge is 0.399 e. The molecule has 5 aliphatic rings. The van der Waals surface area contributed by atoms with Crippen LogP contribution in [0.4, 0.5) is 0 Å². The molecule has 7 heterocycles. The van der Waals surface area contributed by atoms with Gasteiger partial charge in [0.05, 0.1) is 55.3 Å². The van der Waals surface area contributed by atoms with Crippen LogP contribution in [0.1, 0.15) is 72.2 Å². The number of aromatic nitrogens is 10. The third-order valence-electron chi connectivity index (χ3n) is 25.6. The lowest BCUT2D eigenvalue weighted by molar-refractivity contribution is 0.00578. The SMILES string of the molecule is Brc1ccc2c(c1)c1cc3c(cc1n2-c1ccccc1)CC3.CC1(C)OB(c2ccc3c(c2)c2cc4c(cc2n3-c2nc(-c3ccccc3)nc(-c3ccccc3)n2)CC4)OC1(C)C.c1ccc(-c2nc(-c3ccccc3)nc(-n3c4ccc(-c5ccc6c(c5)c5cc7c(cc5n6-c5ccccc5)CC7)cc4c4cc5c(cc43)CC5)n2)cc1. The summed E-state index contributed by atoms with van der Waals surface area (Å²) in [5.74, 6) is 3.84. The molecule has 6 aromatic heterocycles. The minimum Gasteiger partial charge on any atom is -0.399 e. The molecule has 14 aromatic carbocycles. The molecule has 0 saturated carbocycles. The molecule has 14 heteroatoms. The van der Waals surface area contributed by atoms with Crippen LogP contribution in [0.25, 0.3) is 167 Å². The molecule has 0 radical (unpaired) electrons. The van der Waals surface area contributed by atoms with Gasteiger partial charge in [-0.1, -0.05) is 198 Å². The molecule has 118 heavy (non-hydrogen) atoms. The van der Waals surface area contributed by atoms with Crippen molar-refractivity contribution in [1.82, 2.24) is 48.2 Å². The highest BCUT2D eigenvalue weighted by Gasteiger charge is 2.52. The Bertz CT molecular complexity index is 7380. The zero-order valence-electron chi connectivity index (χ0n) is 65.8. The molecule has 20 aromatic rings. The number of fused-ring (bicyclic) bond motifs is 16. The number of aryl methyl sites for hydroxylation is 8. The van der Waals surface area contributed by atoms with Crippen LogP contribution in [-0.4, -0.2) is 66.5 Å². The number of benzene rings is 14. The zero-order chi connectivity index (χ0) is 78.6. The Morgan fingerprint density at radius 3 is 0.864 bits per heavy atom. The van der Waals surface area contributed by atoms with Crippen molar-refractivity contribution >= 4 is 116 Å². The number of hydrogen-bond donors (Lipinski definition) is 0. The zero-order valence-corrected chi connectivity index (χ0v) is 67.4. The predicted octanol–water partition coefficient (Wildman–Crippen LogP) is 23.6. The average molecular weight is 1590 g/mol. The van der Waals surface area contributed by atoms with Crippen LogP contribution < -0.4 is 5.46 Å². The molecular formula is C104H78BBrN10O2. The topological polar surface area (TPSA) is 116 Å². The van der Waals surface area contributed by atoms with Gasteiger partial charge >= 0.3 is 7.12 Å². The van der Waals surface area contributed by atoms with Crippen molar-refractivity contribution in [3.8, 4) is 79.9 Å². The van der Waals surface area contributed by atoms with E-state index >= 15 is 0 Å². The van der Waals surface area contributed by atoms with Gasteiger partial charge in [-0.2, -0.15) is 19.9 Å². The highest BCUT2D eigenvalue weighted by molar-refractivity contribution is 9.10. The Hall–Kier alpha value is -13.2. The minimum absolute atomic E-state index is 0.407. The van der Waals surface area contributed by atoms with E-state index in [4.69, 9.17) is 39.2 Å². The molecule has 0 spiro atoms. The predicted molar refractivity (Wildman–Crippen MR) is 484 cm³/mol. The standard InChI is InChI=1S/C49H33N5.C35H31BN4O2.C20H14BrN/c1-4-10-30(11-5-1)47-50-48(31-12-6-2-7-13-31)52-49(51-47)54-44-23-21-35(25-40(44)42-27-33-17-19-37(33)29-46(42)54)34-20-22-43-39(24-34)41-26-32-16-18-36(32)28-45(41)53(43)38-14-8-3-9-15-38;1-34(2)35(3,4)42-36(41-34)26-17-18-29-28(21-26)27-19-24-15-16-25(24)20-30(27)40(29)33-38-31(22-11-7-5-8-12-22)37-32(39-33)23-13-9-6-10-14-23;21-15-8-9-19-18(12-15)17-10-13-6-7-14(13)11-20(17)22(19)16-4-2-1-3-5-16/h1-15,20-29H,16-19H2;5-14,17-21H,15-16H2,1-4H3;1-5,8-12H,6-7H2. The second-order valence-electron chi connectivity index (χ2n) is 33.1. The molecule has 12 nitrogen and oxygen atoms in total. The molecule has 1 saturated heterocycles. The molecule has 0 bridgehead atoms. The summed E-state index contributed by atoms with van der Waals surface area (Å²) >= 11 is 3.62. The van der Waals surface area contributed by atoms with Gasteiger partial charge in [0.2, 0.25) is 11.9 Å². The van der Waals surface area contributed by atoms with E-state index in [1.54, 1.807) is 0 Å². The lowest BCUT2D eigenvalue weighted by Crippen LogP contribution is -2.41. The van der Waals surface area contributed by atoms with E-state index in [0.29, 0.717) is 35.2 Å². The van der Waals surface area contributed by atoms with Gasteiger partial charge < -0.3 is 18.4 Å². The first kappa shape index (κ1) is 70.2. The molecule has 0 unspecified atom stereocenters. The summed E-state index contributed by atoms with van der Waals surface area (Å²) in [6.45, 7) is 8.36. The number of para-hydroxylation sites is 2. The van der Waals surface area contributed by atoms with Gasteiger partial charge in [-0.25, -0.2) is 9.97 Å². The summed E-state index contributed by atoms with van der Waals surface area (Å²) in [6.07, 6.45) is 9.17. The van der Waals surface area contributed by atoms with Crippen LogP contribution in [0.3, 0.4) is 0 Å². The van der Waals surface area contributed by atoms with Crippen LogP contribution in [0.2, 0.25) is 0 Å². The van der Waals surface area contributed by atoms with Gasteiger partial charge in [0.1, 0.15) is 0 Å². The fraction of sp³-hybridized carbons (Fsp3) is 0.135. The summed E-state index contributed by atoms with van der Waals surface area (Å²) in [6, 6.07) is 108. The van der Waals surface area contributed by atoms with Crippen LogP contribution in [0.15, 0.2) is 308 Å². The normalized spacial score (nSPS) is 14.6. The van der Waals surface area contributed by atoms with E-state index in [2.05, 4.69) is 268 Å². The average Bonchev–Trinajstić information content (AvgIpc) is 1.58. The van der Waals surface area contributed by atoms with Gasteiger partial charge in [0, 0.05) is 81.2 Å². The van der Waals surface area contributed by atoms with Crippen LogP contribution in [0.5, 0.6) is 0 Å². The Morgan fingerprint density at radius 1 is 0.254 bits per heavy atom. The fourth-order valence-electron chi connectivity index (χ4n) is 18.3. The molecule has 0 amide bonds. The van der Waals surface area contributed by atoms with Gasteiger partial charge in [-0.15, -0.1) is 0 Å². The third-order valence-corrected chi connectivity index (χ3v) is 26.1. The van der Waals surface area contributed by atoms with Crippen molar-refractivity contribution in [1.29, 1.82) is 0 Å². The summed E-state index contributed by atoms with van der Waals surface area (Å²) in [5, 5.41) is 10.0. The van der Waals surface area contributed by atoms with Gasteiger partial charge in [0.15, 0.2) is 23.3 Å². The minimum atomic E-state index is -0.434. The second-order valence-corrected chi connectivity index (χ2v) is 34.0.